The molecule has 2 N–H and O–H groups in total. The Morgan fingerprint density at radius 3 is 2.09 bits per heavy atom. The zero-order valence-electron chi connectivity index (χ0n) is 18.3. The van der Waals surface area contributed by atoms with Gasteiger partial charge in [-0.25, -0.2) is 9.80 Å². The molecule has 0 aliphatic heterocycles. The molecule has 0 aromatic heterocycles. The minimum Gasteiger partial charge on any atom is -0.406 e. The van der Waals surface area contributed by atoms with Crippen molar-refractivity contribution in [1.82, 2.24) is 15.3 Å². The van der Waals surface area contributed by atoms with Gasteiger partial charge in [0.1, 0.15) is 11.8 Å². The Morgan fingerprint density at radius 1 is 1.00 bits per heavy atom. The van der Waals surface area contributed by atoms with Gasteiger partial charge in [-0.05, 0) is 35.7 Å². The number of nitrogens with zero attached hydrogens (tertiary/aromatic N) is 2. The molecule has 0 saturated carbocycles. The summed E-state index contributed by atoms with van der Waals surface area (Å²) in [6.07, 6.45) is -4.80. The van der Waals surface area contributed by atoms with Crippen molar-refractivity contribution in [3.63, 3.8) is 0 Å². The first-order valence-electron chi connectivity index (χ1n) is 9.92. The smallest absolute Gasteiger partial charge is 0.406 e. The molecule has 2 rings (SSSR count). The van der Waals surface area contributed by atoms with Gasteiger partial charge in [-0.3, -0.25) is 9.80 Å². The number of benzene rings is 2. The second-order valence-corrected chi connectivity index (χ2v) is 7.62. The van der Waals surface area contributed by atoms with E-state index < -0.39 is 24.2 Å². The molecule has 0 spiro atoms. The van der Waals surface area contributed by atoms with E-state index in [0.717, 1.165) is 17.7 Å². The van der Waals surface area contributed by atoms with Gasteiger partial charge >= 0.3 is 12.4 Å². The van der Waals surface area contributed by atoms with Crippen LogP contribution in [0.3, 0.4) is 0 Å². The Bertz CT molecular complexity index is 888. The Balaban J connectivity index is 2.06. The summed E-state index contributed by atoms with van der Waals surface area (Å²) in [6.45, 7) is 3.95. The monoisotopic (exact) mass is 452 g/mol. The first kappa shape index (κ1) is 25.0. The number of nitrogens with one attached hydrogen (secondary N) is 2. The summed E-state index contributed by atoms with van der Waals surface area (Å²) in [4.78, 5) is 25.7. The van der Waals surface area contributed by atoms with Crippen molar-refractivity contribution < 1.29 is 27.5 Å². The lowest BCUT2D eigenvalue weighted by Crippen LogP contribution is -2.55. The third-order valence-corrected chi connectivity index (χ3v) is 4.48. The van der Waals surface area contributed by atoms with Crippen molar-refractivity contribution in [1.29, 1.82) is 0 Å². The van der Waals surface area contributed by atoms with E-state index in [4.69, 9.17) is 0 Å². The van der Waals surface area contributed by atoms with Crippen LogP contribution >= 0.6 is 0 Å². The number of carbonyl (C=O) groups excluding carboxylic acids is 2. The lowest BCUT2D eigenvalue weighted by molar-refractivity contribution is -0.274. The van der Waals surface area contributed by atoms with Crippen LogP contribution in [-0.2, 0) is 11.3 Å². The quantitative estimate of drug-likeness (QED) is 0.588. The van der Waals surface area contributed by atoms with E-state index in [1.807, 2.05) is 44.2 Å². The third-order valence-electron chi connectivity index (χ3n) is 4.48. The van der Waals surface area contributed by atoms with E-state index in [2.05, 4.69) is 15.4 Å². The van der Waals surface area contributed by atoms with E-state index in [1.54, 1.807) is 19.1 Å². The summed E-state index contributed by atoms with van der Waals surface area (Å²) in [5.41, 5.74) is 1.18. The molecule has 3 amide bonds. The summed E-state index contributed by atoms with van der Waals surface area (Å²) < 4.78 is 40.6. The van der Waals surface area contributed by atoms with Crippen molar-refractivity contribution >= 4 is 17.6 Å². The first-order chi connectivity index (χ1) is 15.0. The van der Waals surface area contributed by atoms with Gasteiger partial charge in [-0.1, -0.05) is 44.2 Å². The van der Waals surface area contributed by atoms with Gasteiger partial charge in [-0.2, -0.15) is 0 Å². The van der Waals surface area contributed by atoms with Crippen LogP contribution in [0.4, 0.5) is 23.7 Å². The van der Waals surface area contributed by atoms with Crippen molar-refractivity contribution in [2.45, 2.75) is 32.8 Å². The van der Waals surface area contributed by atoms with Crippen LogP contribution in [0, 0.1) is 5.92 Å². The van der Waals surface area contributed by atoms with Crippen molar-refractivity contribution in [2.75, 3.05) is 19.4 Å². The summed E-state index contributed by atoms with van der Waals surface area (Å²) in [5, 5.41) is 8.37. The molecule has 2 aromatic rings. The molecule has 1 unspecified atom stereocenters. The molecule has 32 heavy (non-hydrogen) atoms. The number of ether oxygens (including phenoxy) is 1. The predicted molar refractivity (Wildman–Crippen MR) is 115 cm³/mol. The Morgan fingerprint density at radius 2 is 1.59 bits per heavy atom. The average Bonchev–Trinajstić information content (AvgIpc) is 2.70. The zero-order valence-corrected chi connectivity index (χ0v) is 18.3. The van der Waals surface area contributed by atoms with Gasteiger partial charge in [-0.15, -0.1) is 13.2 Å². The standard InChI is InChI=1S/C22H27F3N4O3/c1-15(2)19(20(30)29(28(3)4)14-16-8-6-5-7-9-16)27-21(31)26-17-10-12-18(13-11-17)32-22(23,24)25/h5-13,15,19H,14H2,1-4H3,(H2,26,27,31). The van der Waals surface area contributed by atoms with Crippen LogP contribution in [0.2, 0.25) is 0 Å². The van der Waals surface area contributed by atoms with Gasteiger partial charge in [0.05, 0.1) is 6.54 Å². The maximum atomic E-state index is 13.2. The average molecular weight is 452 g/mol. The molecule has 1 atom stereocenters. The van der Waals surface area contributed by atoms with E-state index in [-0.39, 0.29) is 17.5 Å². The van der Waals surface area contributed by atoms with Gasteiger partial charge in [0, 0.05) is 19.8 Å². The van der Waals surface area contributed by atoms with E-state index in [0.29, 0.717) is 6.54 Å². The van der Waals surface area contributed by atoms with E-state index in [1.165, 1.54) is 17.1 Å². The topological polar surface area (TPSA) is 73.9 Å². The highest BCUT2D eigenvalue weighted by atomic mass is 19.4. The van der Waals surface area contributed by atoms with Crippen LogP contribution in [0.5, 0.6) is 5.75 Å². The number of hydrazine groups is 1. The van der Waals surface area contributed by atoms with Crippen molar-refractivity contribution in [3.8, 4) is 5.75 Å². The number of urea groups is 1. The fourth-order valence-corrected chi connectivity index (χ4v) is 2.90. The van der Waals surface area contributed by atoms with Crippen LogP contribution < -0.4 is 15.4 Å². The molecule has 7 nitrogen and oxygen atoms in total. The number of halogens is 3. The second-order valence-electron chi connectivity index (χ2n) is 7.62. The molecular formula is C22H27F3N4O3. The third kappa shape index (κ3) is 7.77. The summed E-state index contributed by atoms with van der Waals surface area (Å²) in [5.74, 6) is -0.909. The molecule has 0 aliphatic carbocycles. The van der Waals surface area contributed by atoms with Gasteiger partial charge < -0.3 is 15.4 Å². The maximum absolute atomic E-state index is 13.2. The van der Waals surface area contributed by atoms with Crippen molar-refractivity contribution in [3.05, 3.63) is 60.2 Å². The van der Waals surface area contributed by atoms with Gasteiger partial charge in [0.25, 0.3) is 5.91 Å². The van der Waals surface area contributed by atoms with Crippen LogP contribution in [0.25, 0.3) is 0 Å². The highest BCUT2D eigenvalue weighted by Crippen LogP contribution is 2.24. The molecule has 0 aliphatic rings. The minimum absolute atomic E-state index is 0.214. The van der Waals surface area contributed by atoms with Crippen LogP contribution in [0.15, 0.2) is 54.6 Å². The largest absolute Gasteiger partial charge is 0.573 e. The SMILES string of the molecule is CC(C)C(NC(=O)Nc1ccc(OC(F)(F)F)cc1)C(=O)N(Cc1ccccc1)N(C)C. The highest BCUT2D eigenvalue weighted by Gasteiger charge is 2.31. The van der Waals surface area contributed by atoms with Gasteiger partial charge in [0.15, 0.2) is 0 Å². The fraction of sp³-hybridized carbons (Fsp3) is 0.364. The Kier molecular flexibility index (Phi) is 8.48. The first-order valence-corrected chi connectivity index (χ1v) is 9.92. The predicted octanol–water partition coefficient (Wildman–Crippen LogP) is 4.24. The lowest BCUT2D eigenvalue weighted by Gasteiger charge is -2.34. The number of carbonyl (C=O) groups is 2. The lowest BCUT2D eigenvalue weighted by atomic mass is 10.0. The molecule has 174 valence electrons. The minimum atomic E-state index is -4.80. The Hall–Kier alpha value is -3.27. The molecular weight excluding hydrogens is 425 g/mol. The fourth-order valence-electron chi connectivity index (χ4n) is 2.90. The Labute approximate surface area is 185 Å². The van der Waals surface area contributed by atoms with Crippen molar-refractivity contribution in [2.24, 2.45) is 5.92 Å². The highest BCUT2D eigenvalue weighted by molar-refractivity contribution is 5.93. The second kappa shape index (κ2) is 10.9. The molecule has 2 aromatic carbocycles. The van der Waals surface area contributed by atoms with Crippen LogP contribution in [0.1, 0.15) is 19.4 Å². The number of hydrogen-bond acceptors (Lipinski definition) is 4. The maximum Gasteiger partial charge on any atom is 0.573 e. The molecule has 0 heterocycles. The van der Waals surface area contributed by atoms with Gasteiger partial charge in [0.2, 0.25) is 0 Å². The number of rotatable bonds is 8. The summed E-state index contributed by atoms with van der Waals surface area (Å²) in [7, 11) is 3.48. The number of alkyl halides is 3. The normalized spacial score (nSPS) is 12.4. The number of amides is 3. The number of anilines is 1. The van der Waals surface area contributed by atoms with E-state index >= 15 is 0 Å². The molecule has 0 saturated heterocycles. The number of hydrogen-bond donors (Lipinski definition) is 2. The molecule has 0 fully saturated rings. The molecule has 0 bridgehead atoms. The molecule has 10 heteroatoms. The summed E-state index contributed by atoms with van der Waals surface area (Å²) in [6, 6.07) is 12.7. The molecule has 0 radical (unpaired) electrons. The van der Waals surface area contributed by atoms with Crippen LogP contribution in [-0.4, -0.2) is 48.5 Å². The van der Waals surface area contributed by atoms with E-state index in [9.17, 15) is 22.8 Å². The zero-order chi connectivity index (χ0) is 23.9. The summed E-state index contributed by atoms with van der Waals surface area (Å²) >= 11 is 0.